The fraction of sp³-hybridized carbons (Fsp3) is 0.611. The molecule has 1 saturated heterocycles. The zero-order valence-electron chi connectivity index (χ0n) is 14.7. The largest absolute Gasteiger partial charge is 0.444 e. The lowest BCUT2D eigenvalue weighted by molar-refractivity contribution is -0.0447. The van der Waals surface area contributed by atoms with Crippen molar-refractivity contribution < 1.29 is 14.3 Å². The van der Waals surface area contributed by atoms with Gasteiger partial charge in [-0.2, -0.15) is 4.91 Å². The molecule has 1 fully saturated rings. The van der Waals surface area contributed by atoms with Gasteiger partial charge in [0, 0.05) is 19.8 Å². The molecule has 6 heteroatoms. The van der Waals surface area contributed by atoms with Gasteiger partial charge in [0.15, 0.2) is 0 Å². The summed E-state index contributed by atoms with van der Waals surface area (Å²) in [7, 11) is 0. The number of amides is 1. The number of rotatable bonds is 5. The fourth-order valence-electron chi connectivity index (χ4n) is 2.89. The number of nitroso groups, excluding NO2 is 1. The van der Waals surface area contributed by atoms with Crippen molar-refractivity contribution in [3.8, 4) is 0 Å². The number of ether oxygens (including phenoxy) is 2. The molecule has 0 aliphatic carbocycles. The topological polar surface area (TPSA) is 68.2 Å². The summed E-state index contributed by atoms with van der Waals surface area (Å²) in [5.41, 5.74) is -0.273. The second kappa shape index (κ2) is 7.75. The first-order chi connectivity index (χ1) is 11.4. The van der Waals surface area contributed by atoms with Crippen LogP contribution in [-0.2, 0) is 16.0 Å². The third-order valence-corrected chi connectivity index (χ3v) is 4.15. The van der Waals surface area contributed by atoms with Gasteiger partial charge in [-0.25, -0.2) is 4.79 Å². The molecule has 1 heterocycles. The molecule has 0 bridgehead atoms. The molecule has 0 radical (unpaired) electrons. The molecule has 6 nitrogen and oxygen atoms in total. The molecule has 0 atom stereocenters. The predicted octanol–water partition coefficient (Wildman–Crippen LogP) is 3.74. The molecular formula is C18H26N2O4. The molecule has 132 valence electrons. The summed E-state index contributed by atoms with van der Waals surface area (Å²) in [4.78, 5) is 25.6. The van der Waals surface area contributed by atoms with Crippen LogP contribution in [0, 0.1) is 4.91 Å². The van der Waals surface area contributed by atoms with E-state index in [2.05, 4.69) is 5.18 Å². The van der Waals surface area contributed by atoms with Gasteiger partial charge in [0.05, 0.1) is 5.54 Å². The fourth-order valence-corrected chi connectivity index (χ4v) is 2.89. The Kier molecular flexibility index (Phi) is 5.94. The van der Waals surface area contributed by atoms with E-state index in [9.17, 15) is 9.70 Å². The van der Waals surface area contributed by atoms with E-state index in [1.165, 1.54) is 0 Å². The number of carbonyl (C=O) groups is 1. The smallest absolute Gasteiger partial charge is 0.411 e. The summed E-state index contributed by atoms with van der Waals surface area (Å²) in [5, 5.41) is 3.12. The number of nitrogens with zero attached hydrogens (tertiary/aromatic N) is 2. The predicted molar refractivity (Wildman–Crippen MR) is 91.7 cm³/mol. The Morgan fingerprint density at radius 3 is 2.42 bits per heavy atom. The van der Waals surface area contributed by atoms with Crippen LogP contribution in [0.2, 0.25) is 0 Å². The lowest BCUT2D eigenvalue weighted by Gasteiger charge is -2.44. The minimum absolute atomic E-state index is 0.0441. The van der Waals surface area contributed by atoms with Gasteiger partial charge in [-0.1, -0.05) is 35.5 Å². The van der Waals surface area contributed by atoms with Gasteiger partial charge in [0.25, 0.3) is 0 Å². The summed E-state index contributed by atoms with van der Waals surface area (Å²) in [6, 6.07) is 9.70. The Balaban J connectivity index is 2.32. The van der Waals surface area contributed by atoms with Crippen LogP contribution in [-0.4, -0.2) is 41.9 Å². The lowest BCUT2D eigenvalue weighted by Crippen LogP contribution is -2.57. The molecule has 1 aromatic carbocycles. The van der Waals surface area contributed by atoms with Gasteiger partial charge < -0.3 is 9.47 Å². The Bertz CT molecular complexity index is 548. The SMILES string of the molecule is CC(C)(C)OC(=O)N(Cc1ccccc1)C1(CN=O)CCOCC1. The highest BCUT2D eigenvalue weighted by molar-refractivity contribution is 5.69. The Labute approximate surface area is 143 Å². The highest BCUT2D eigenvalue weighted by Gasteiger charge is 2.43. The van der Waals surface area contributed by atoms with Gasteiger partial charge in [-0.3, -0.25) is 4.90 Å². The Hall–Kier alpha value is -1.95. The van der Waals surface area contributed by atoms with Crippen LogP contribution in [0.15, 0.2) is 35.5 Å². The Morgan fingerprint density at radius 1 is 1.25 bits per heavy atom. The number of carbonyl (C=O) groups excluding carboxylic acids is 1. The van der Waals surface area contributed by atoms with Gasteiger partial charge in [0.1, 0.15) is 12.1 Å². The van der Waals surface area contributed by atoms with Crippen molar-refractivity contribution in [3.63, 3.8) is 0 Å². The molecule has 1 aliphatic rings. The summed E-state index contributed by atoms with van der Waals surface area (Å²) in [6.45, 7) is 6.93. The van der Waals surface area contributed by atoms with E-state index < -0.39 is 17.2 Å². The third-order valence-electron chi connectivity index (χ3n) is 4.15. The number of benzene rings is 1. The first-order valence-electron chi connectivity index (χ1n) is 8.28. The van der Waals surface area contributed by atoms with E-state index in [4.69, 9.17) is 9.47 Å². The van der Waals surface area contributed by atoms with Crippen molar-refractivity contribution in [3.05, 3.63) is 40.8 Å². The zero-order chi connectivity index (χ0) is 17.6. The van der Waals surface area contributed by atoms with Crippen molar-refractivity contribution in [2.45, 2.75) is 51.3 Å². The van der Waals surface area contributed by atoms with E-state index >= 15 is 0 Å². The maximum atomic E-state index is 12.9. The first-order valence-corrected chi connectivity index (χ1v) is 8.28. The van der Waals surface area contributed by atoms with E-state index in [1.807, 2.05) is 51.1 Å². The number of hydrogen-bond acceptors (Lipinski definition) is 5. The van der Waals surface area contributed by atoms with Gasteiger partial charge >= 0.3 is 6.09 Å². The van der Waals surface area contributed by atoms with E-state index in [1.54, 1.807) is 4.90 Å². The van der Waals surface area contributed by atoms with E-state index in [-0.39, 0.29) is 6.54 Å². The standard InChI is InChI=1S/C18H26N2O4/c1-17(2,3)24-16(21)20(13-15-7-5-4-6-8-15)18(14-19-22)9-11-23-12-10-18/h4-8H,9-14H2,1-3H3. The quantitative estimate of drug-likeness (QED) is 0.769. The van der Waals surface area contributed by atoms with Crippen LogP contribution >= 0.6 is 0 Å². The summed E-state index contributed by atoms with van der Waals surface area (Å²) >= 11 is 0. The molecule has 1 aliphatic heterocycles. The average Bonchev–Trinajstić information content (AvgIpc) is 2.53. The minimum atomic E-state index is -0.655. The molecule has 2 rings (SSSR count). The second-order valence-corrected chi connectivity index (χ2v) is 7.18. The van der Waals surface area contributed by atoms with Crippen LogP contribution in [0.4, 0.5) is 4.79 Å². The van der Waals surface area contributed by atoms with E-state index in [0.717, 1.165) is 5.56 Å². The van der Waals surface area contributed by atoms with Crippen LogP contribution in [0.5, 0.6) is 0 Å². The monoisotopic (exact) mass is 334 g/mol. The molecule has 24 heavy (non-hydrogen) atoms. The summed E-state index contributed by atoms with van der Waals surface area (Å²) in [6.07, 6.45) is 0.729. The molecule has 0 aromatic heterocycles. The van der Waals surface area contributed by atoms with Gasteiger partial charge in [0.2, 0.25) is 0 Å². The maximum Gasteiger partial charge on any atom is 0.411 e. The zero-order valence-corrected chi connectivity index (χ0v) is 14.7. The second-order valence-electron chi connectivity index (χ2n) is 7.18. The molecule has 1 aromatic rings. The van der Waals surface area contributed by atoms with Crippen LogP contribution in [0.3, 0.4) is 0 Å². The van der Waals surface area contributed by atoms with Crippen LogP contribution < -0.4 is 0 Å². The lowest BCUT2D eigenvalue weighted by atomic mass is 9.87. The van der Waals surface area contributed by atoms with Crippen LogP contribution in [0.1, 0.15) is 39.2 Å². The molecular weight excluding hydrogens is 308 g/mol. The number of hydrogen-bond donors (Lipinski definition) is 0. The summed E-state index contributed by atoms with van der Waals surface area (Å²) < 4.78 is 11.0. The third kappa shape index (κ3) is 4.77. The van der Waals surface area contributed by atoms with Crippen molar-refractivity contribution in [1.82, 2.24) is 4.90 Å². The summed E-state index contributed by atoms with van der Waals surface area (Å²) in [5.74, 6) is 0. The first kappa shape index (κ1) is 18.4. The Morgan fingerprint density at radius 2 is 1.88 bits per heavy atom. The molecule has 0 saturated carbocycles. The normalized spacial score (nSPS) is 17.1. The molecule has 0 N–H and O–H groups in total. The van der Waals surface area contributed by atoms with Crippen molar-refractivity contribution in [2.75, 3.05) is 19.8 Å². The highest BCUT2D eigenvalue weighted by atomic mass is 16.6. The van der Waals surface area contributed by atoms with Gasteiger partial charge in [-0.15, -0.1) is 0 Å². The van der Waals surface area contributed by atoms with Crippen LogP contribution in [0.25, 0.3) is 0 Å². The van der Waals surface area contributed by atoms with E-state index in [0.29, 0.717) is 32.6 Å². The maximum absolute atomic E-state index is 12.9. The molecule has 0 spiro atoms. The average molecular weight is 334 g/mol. The molecule has 0 unspecified atom stereocenters. The van der Waals surface area contributed by atoms with Crippen molar-refractivity contribution >= 4 is 6.09 Å². The molecule has 1 amide bonds. The minimum Gasteiger partial charge on any atom is -0.444 e. The van der Waals surface area contributed by atoms with Gasteiger partial charge in [-0.05, 0) is 39.2 Å². The van der Waals surface area contributed by atoms with Crippen molar-refractivity contribution in [1.29, 1.82) is 0 Å². The highest BCUT2D eigenvalue weighted by Crippen LogP contribution is 2.31. The van der Waals surface area contributed by atoms with Crippen molar-refractivity contribution in [2.24, 2.45) is 5.18 Å².